The molecule has 0 aliphatic rings. The van der Waals surface area contributed by atoms with Gasteiger partial charge in [-0.1, -0.05) is 74.5 Å². The number of carbonyl (C=O) groups is 1. The van der Waals surface area contributed by atoms with Crippen LogP contribution in [0, 0.1) is 0 Å². The highest BCUT2D eigenvalue weighted by atomic mass is 16.2. The zero-order valence-corrected chi connectivity index (χ0v) is 16.1. The van der Waals surface area contributed by atoms with Crippen LogP contribution in [0.3, 0.4) is 0 Å². The van der Waals surface area contributed by atoms with Crippen LogP contribution in [-0.2, 0) is 4.79 Å². The number of rotatable bonds is 6. The highest BCUT2D eigenvalue weighted by molar-refractivity contribution is 5.97. The molecule has 0 fully saturated rings. The SMILES string of the molecule is CC(C)c1ccc(NC(=O)[C@H](c2ccccc2)N(C)c2ccccc2)cc1. The minimum Gasteiger partial charge on any atom is -0.359 e. The van der Waals surface area contributed by atoms with E-state index in [0.29, 0.717) is 5.92 Å². The Kier molecular flexibility index (Phi) is 5.92. The number of likely N-dealkylation sites (N-methyl/N-ethyl adjacent to an activating group) is 1. The topological polar surface area (TPSA) is 32.3 Å². The molecule has 0 unspecified atom stereocenters. The fraction of sp³-hybridized carbons (Fsp3) is 0.208. The Morgan fingerprint density at radius 3 is 1.89 bits per heavy atom. The standard InChI is InChI=1S/C24H26N2O/c1-18(2)19-14-16-21(17-15-19)25-24(27)23(20-10-6-4-7-11-20)26(3)22-12-8-5-9-13-22/h4-18,23H,1-3H3,(H,25,27)/t23-/m0/s1. The summed E-state index contributed by atoms with van der Waals surface area (Å²) in [5.74, 6) is 0.417. The van der Waals surface area contributed by atoms with Gasteiger partial charge in [0.2, 0.25) is 0 Å². The monoisotopic (exact) mass is 358 g/mol. The molecule has 0 saturated carbocycles. The van der Waals surface area contributed by atoms with Gasteiger partial charge in [0.05, 0.1) is 0 Å². The summed E-state index contributed by atoms with van der Waals surface area (Å²) in [6.45, 7) is 4.32. The van der Waals surface area contributed by atoms with Crippen LogP contribution in [0.15, 0.2) is 84.9 Å². The molecular weight excluding hydrogens is 332 g/mol. The molecule has 0 radical (unpaired) electrons. The number of benzene rings is 3. The van der Waals surface area contributed by atoms with E-state index in [-0.39, 0.29) is 5.91 Å². The van der Waals surface area contributed by atoms with Gasteiger partial charge in [-0.25, -0.2) is 0 Å². The Morgan fingerprint density at radius 1 is 0.778 bits per heavy atom. The highest BCUT2D eigenvalue weighted by Gasteiger charge is 2.25. The zero-order valence-electron chi connectivity index (χ0n) is 16.1. The number of nitrogens with zero attached hydrogens (tertiary/aromatic N) is 1. The minimum absolute atomic E-state index is 0.0511. The van der Waals surface area contributed by atoms with Gasteiger partial charge in [-0.3, -0.25) is 4.79 Å². The minimum atomic E-state index is -0.418. The summed E-state index contributed by atoms with van der Waals surface area (Å²) in [5.41, 5.74) is 4.03. The number of nitrogens with one attached hydrogen (secondary N) is 1. The van der Waals surface area contributed by atoms with Crippen molar-refractivity contribution in [2.24, 2.45) is 0 Å². The summed E-state index contributed by atoms with van der Waals surface area (Å²) >= 11 is 0. The molecule has 138 valence electrons. The molecule has 1 atom stereocenters. The summed E-state index contributed by atoms with van der Waals surface area (Å²) < 4.78 is 0. The van der Waals surface area contributed by atoms with Gasteiger partial charge in [0.1, 0.15) is 6.04 Å². The summed E-state index contributed by atoms with van der Waals surface area (Å²) in [4.78, 5) is 15.2. The smallest absolute Gasteiger partial charge is 0.251 e. The van der Waals surface area contributed by atoms with Crippen LogP contribution in [0.1, 0.15) is 36.9 Å². The molecule has 1 amide bonds. The van der Waals surface area contributed by atoms with Crippen LogP contribution in [0.2, 0.25) is 0 Å². The number of para-hydroxylation sites is 1. The molecule has 0 bridgehead atoms. The number of amides is 1. The van der Waals surface area contributed by atoms with Crippen molar-refractivity contribution in [1.82, 2.24) is 0 Å². The van der Waals surface area contributed by atoms with Gasteiger partial charge in [-0.15, -0.1) is 0 Å². The second-order valence-electron chi connectivity index (χ2n) is 7.03. The second kappa shape index (κ2) is 8.54. The van der Waals surface area contributed by atoms with Gasteiger partial charge in [0.15, 0.2) is 0 Å². The van der Waals surface area contributed by atoms with Crippen molar-refractivity contribution < 1.29 is 4.79 Å². The van der Waals surface area contributed by atoms with Gasteiger partial charge >= 0.3 is 0 Å². The first kappa shape index (κ1) is 18.7. The average Bonchev–Trinajstić information content (AvgIpc) is 2.70. The zero-order chi connectivity index (χ0) is 19.2. The Hall–Kier alpha value is -3.07. The van der Waals surface area contributed by atoms with Crippen LogP contribution < -0.4 is 10.2 Å². The molecule has 0 saturated heterocycles. The van der Waals surface area contributed by atoms with Gasteiger partial charge in [-0.2, -0.15) is 0 Å². The average molecular weight is 358 g/mol. The predicted octanol–water partition coefficient (Wildman–Crippen LogP) is 5.63. The van der Waals surface area contributed by atoms with Gasteiger partial charge in [0.25, 0.3) is 5.91 Å². The Morgan fingerprint density at radius 2 is 1.33 bits per heavy atom. The first-order chi connectivity index (χ1) is 13.1. The largest absolute Gasteiger partial charge is 0.359 e. The van der Waals surface area contributed by atoms with Crippen LogP contribution in [0.5, 0.6) is 0 Å². The van der Waals surface area contributed by atoms with E-state index in [4.69, 9.17) is 0 Å². The lowest BCUT2D eigenvalue weighted by molar-refractivity contribution is -0.117. The van der Waals surface area contributed by atoms with Crippen molar-refractivity contribution in [2.75, 3.05) is 17.3 Å². The summed E-state index contributed by atoms with van der Waals surface area (Å²) in [7, 11) is 1.95. The fourth-order valence-electron chi connectivity index (χ4n) is 3.16. The molecule has 3 nitrogen and oxygen atoms in total. The lowest BCUT2D eigenvalue weighted by Gasteiger charge is -2.29. The van der Waals surface area contributed by atoms with Crippen molar-refractivity contribution in [3.63, 3.8) is 0 Å². The lowest BCUT2D eigenvalue weighted by atomic mass is 10.0. The fourth-order valence-corrected chi connectivity index (χ4v) is 3.16. The quantitative estimate of drug-likeness (QED) is 0.620. The number of anilines is 2. The number of hydrogen-bond donors (Lipinski definition) is 1. The molecule has 0 spiro atoms. The first-order valence-corrected chi connectivity index (χ1v) is 9.30. The van der Waals surface area contributed by atoms with Gasteiger partial charge < -0.3 is 10.2 Å². The first-order valence-electron chi connectivity index (χ1n) is 9.30. The second-order valence-corrected chi connectivity index (χ2v) is 7.03. The molecule has 1 N–H and O–H groups in total. The van der Waals surface area contributed by atoms with E-state index in [9.17, 15) is 4.79 Å². The van der Waals surface area contributed by atoms with E-state index in [1.165, 1.54) is 5.56 Å². The molecule has 0 aliphatic carbocycles. The maximum Gasteiger partial charge on any atom is 0.251 e. The third-order valence-corrected chi connectivity index (χ3v) is 4.76. The molecule has 3 aromatic carbocycles. The number of carbonyl (C=O) groups excluding carboxylic acids is 1. The lowest BCUT2D eigenvalue weighted by Crippen LogP contribution is -2.34. The molecule has 3 heteroatoms. The van der Waals surface area contributed by atoms with Crippen LogP contribution in [-0.4, -0.2) is 13.0 Å². The van der Waals surface area contributed by atoms with E-state index >= 15 is 0 Å². The van der Waals surface area contributed by atoms with Crippen molar-refractivity contribution in [2.45, 2.75) is 25.8 Å². The maximum atomic E-state index is 13.2. The number of hydrogen-bond acceptors (Lipinski definition) is 2. The Balaban J connectivity index is 1.87. The highest BCUT2D eigenvalue weighted by Crippen LogP contribution is 2.27. The molecule has 3 rings (SSSR count). The molecule has 0 aromatic heterocycles. The van der Waals surface area contributed by atoms with Crippen LogP contribution in [0.4, 0.5) is 11.4 Å². The molecule has 0 aliphatic heterocycles. The molecule has 27 heavy (non-hydrogen) atoms. The van der Waals surface area contributed by atoms with E-state index in [1.54, 1.807) is 0 Å². The van der Waals surface area contributed by atoms with Crippen molar-refractivity contribution in [3.05, 3.63) is 96.1 Å². The van der Waals surface area contributed by atoms with E-state index in [2.05, 4.69) is 31.3 Å². The van der Waals surface area contributed by atoms with Gasteiger partial charge in [-0.05, 0) is 41.3 Å². The Bertz CT molecular complexity index is 858. The summed E-state index contributed by atoms with van der Waals surface area (Å²) in [6.07, 6.45) is 0. The maximum absolute atomic E-state index is 13.2. The Labute approximate surface area is 161 Å². The third kappa shape index (κ3) is 4.56. The summed E-state index contributed by atoms with van der Waals surface area (Å²) in [5, 5.41) is 3.08. The van der Waals surface area contributed by atoms with E-state index in [0.717, 1.165) is 16.9 Å². The third-order valence-electron chi connectivity index (χ3n) is 4.76. The van der Waals surface area contributed by atoms with E-state index in [1.807, 2.05) is 84.7 Å². The normalized spacial score (nSPS) is 11.9. The van der Waals surface area contributed by atoms with Crippen molar-refractivity contribution in [3.8, 4) is 0 Å². The van der Waals surface area contributed by atoms with E-state index < -0.39 is 6.04 Å². The van der Waals surface area contributed by atoms with Crippen LogP contribution in [0.25, 0.3) is 0 Å². The van der Waals surface area contributed by atoms with Crippen molar-refractivity contribution >= 4 is 17.3 Å². The summed E-state index contributed by atoms with van der Waals surface area (Å²) in [6, 6.07) is 27.5. The van der Waals surface area contributed by atoms with Gasteiger partial charge in [0, 0.05) is 18.4 Å². The molecule has 3 aromatic rings. The van der Waals surface area contributed by atoms with Crippen molar-refractivity contribution in [1.29, 1.82) is 0 Å². The predicted molar refractivity (Wildman–Crippen MR) is 113 cm³/mol. The van der Waals surface area contributed by atoms with Crippen LogP contribution >= 0.6 is 0 Å². The molecular formula is C24H26N2O. The molecule has 0 heterocycles.